The Bertz CT molecular complexity index is 410. The van der Waals surface area contributed by atoms with Crippen LogP contribution in [0, 0.1) is 29.1 Å². The van der Waals surface area contributed by atoms with Crippen LogP contribution in [0.15, 0.2) is 0 Å². The molecule has 0 aliphatic heterocycles. The molecule has 0 amide bonds. The second-order valence-electron chi connectivity index (χ2n) is 3.85. The summed E-state index contributed by atoms with van der Waals surface area (Å²) in [6.07, 6.45) is 1.32. The lowest BCUT2D eigenvalue weighted by Crippen LogP contribution is -2.18. The van der Waals surface area contributed by atoms with Gasteiger partial charge in [0.2, 0.25) is 29.1 Å². The lowest BCUT2D eigenvalue weighted by atomic mass is 10.2. The number of benzene rings is 1. The third-order valence-electron chi connectivity index (χ3n) is 2.34. The van der Waals surface area contributed by atoms with Crippen molar-refractivity contribution in [3.05, 3.63) is 29.1 Å². The van der Waals surface area contributed by atoms with Crippen LogP contribution in [-0.4, -0.2) is 19.7 Å². The zero-order valence-electron chi connectivity index (χ0n) is 10.3. The summed E-state index contributed by atoms with van der Waals surface area (Å²) in [7, 11) is 0. The van der Waals surface area contributed by atoms with Gasteiger partial charge in [0.25, 0.3) is 0 Å². The number of hydrogen-bond donors (Lipinski definition) is 1. The highest BCUT2D eigenvalue weighted by atomic mass is 19.2. The van der Waals surface area contributed by atoms with Gasteiger partial charge in [-0.1, -0.05) is 6.92 Å². The van der Waals surface area contributed by atoms with Crippen molar-refractivity contribution < 1.29 is 26.7 Å². The fourth-order valence-corrected chi connectivity index (χ4v) is 1.38. The van der Waals surface area contributed by atoms with Crippen molar-refractivity contribution in [1.29, 1.82) is 0 Å². The molecular formula is C12H14F5NO. The second kappa shape index (κ2) is 7.28. The third-order valence-corrected chi connectivity index (χ3v) is 2.34. The highest BCUT2D eigenvalue weighted by Gasteiger charge is 2.26. The first-order valence-electron chi connectivity index (χ1n) is 5.85. The molecular weight excluding hydrogens is 269 g/mol. The summed E-state index contributed by atoms with van der Waals surface area (Å²) in [5.41, 5.74) is 0. The maximum Gasteiger partial charge on any atom is 0.206 e. The Hall–Kier alpha value is -1.37. The van der Waals surface area contributed by atoms with E-state index in [1.807, 2.05) is 6.92 Å². The fraction of sp³-hybridized carbons (Fsp3) is 0.500. The van der Waals surface area contributed by atoms with Crippen molar-refractivity contribution >= 4 is 0 Å². The first-order valence-corrected chi connectivity index (χ1v) is 5.85. The Kier molecular flexibility index (Phi) is 6.01. The molecule has 0 unspecified atom stereocenters. The van der Waals surface area contributed by atoms with Gasteiger partial charge in [-0.05, 0) is 25.9 Å². The molecule has 108 valence electrons. The maximum atomic E-state index is 13.2. The fourth-order valence-electron chi connectivity index (χ4n) is 1.38. The number of nitrogens with one attached hydrogen (secondary N) is 1. The average molecular weight is 283 g/mol. The Morgan fingerprint density at radius 1 is 0.842 bits per heavy atom. The van der Waals surface area contributed by atoms with E-state index < -0.39 is 34.8 Å². The molecule has 0 fully saturated rings. The molecule has 0 aromatic heterocycles. The van der Waals surface area contributed by atoms with Gasteiger partial charge in [0.1, 0.15) is 0 Å². The molecule has 1 rings (SSSR count). The van der Waals surface area contributed by atoms with Crippen LogP contribution in [0.2, 0.25) is 0 Å². The molecule has 0 saturated heterocycles. The molecule has 1 aromatic carbocycles. The number of halogens is 5. The Balaban J connectivity index is 2.64. The molecule has 0 atom stereocenters. The van der Waals surface area contributed by atoms with Crippen LogP contribution < -0.4 is 10.1 Å². The van der Waals surface area contributed by atoms with E-state index in [-0.39, 0.29) is 6.61 Å². The summed E-state index contributed by atoms with van der Waals surface area (Å²) >= 11 is 0. The average Bonchev–Trinajstić information content (AvgIpc) is 2.41. The normalized spacial score (nSPS) is 10.8. The maximum absolute atomic E-state index is 13.2. The van der Waals surface area contributed by atoms with Crippen molar-refractivity contribution in [3.63, 3.8) is 0 Å². The summed E-state index contributed by atoms with van der Waals surface area (Å²) in [4.78, 5) is 0. The van der Waals surface area contributed by atoms with Crippen molar-refractivity contribution in [1.82, 2.24) is 5.32 Å². The Morgan fingerprint density at radius 2 is 1.37 bits per heavy atom. The van der Waals surface area contributed by atoms with Gasteiger partial charge < -0.3 is 10.1 Å². The number of ether oxygens (including phenoxy) is 1. The van der Waals surface area contributed by atoms with Gasteiger partial charge in [0, 0.05) is 0 Å². The monoisotopic (exact) mass is 283 g/mol. The summed E-state index contributed by atoms with van der Waals surface area (Å²) in [6, 6.07) is 0. The van der Waals surface area contributed by atoms with Crippen molar-refractivity contribution in [2.24, 2.45) is 0 Å². The zero-order chi connectivity index (χ0) is 14.4. The van der Waals surface area contributed by atoms with Gasteiger partial charge in [-0.3, -0.25) is 0 Å². The van der Waals surface area contributed by atoms with Crippen molar-refractivity contribution in [3.8, 4) is 5.75 Å². The van der Waals surface area contributed by atoms with E-state index in [9.17, 15) is 22.0 Å². The smallest absolute Gasteiger partial charge is 0.206 e. The van der Waals surface area contributed by atoms with E-state index in [0.717, 1.165) is 13.0 Å². The van der Waals surface area contributed by atoms with E-state index in [0.29, 0.717) is 13.0 Å². The molecule has 0 spiro atoms. The molecule has 19 heavy (non-hydrogen) atoms. The van der Waals surface area contributed by atoms with E-state index in [2.05, 4.69) is 10.1 Å². The van der Waals surface area contributed by atoms with Crippen molar-refractivity contribution in [2.45, 2.75) is 19.8 Å². The van der Waals surface area contributed by atoms with Crippen LogP contribution in [0.3, 0.4) is 0 Å². The lowest BCUT2D eigenvalue weighted by Gasteiger charge is -2.10. The molecule has 2 nitrogen and oxygen atoms in total. The molecule has 0 radical (unpaired) electrons. The minimum atomic E-state index is -2.19. The largest absolute Gasteiger partial charge is 0.487 e. The summed E-state index contributed by atoms with van der Waals surface area (Å²) < 4.78 is 69.4. The zero-order valence-corrected chi connectivity index (χ0v) is 10.3. The van der Waals surface area contributed by atoms with Gasteiger partial charge in [-0.25, -0.2) is 13.2 Å². The third kappa shape index (κ3) is 3.79. The van der Waals surface area contributed by atoms with Crippen LogP contribution in [-0.2, 0) is 0 Å². The quantitative estimate of drug-likeness (QED) is 0.359. The molecule has 0 bridgehead atoms. The van der Waals surface area contributed by atoms with E-state index >= 15 is 0 Å². The van der Waals surface area contributed by atoms with Gasteiger partial charge in [0.05, 0.1) is 6.61 Å². The van der Waals surface area contributed by atoms with Gasteiger partial charge in [-0.15, -0.1) is 0 Å². The summed E-state index contributed by atoms with van der Waals surface area (Å²) in [5, 5.41) is 3.01. The summed E-state index contributed by atoms with van der Waals surface area (Å²) in [5.74, 6) is -11.3. The van der Waals surface area contributed by atoms with Crippen LogP contribution in [0.5, 0.6) is 5.75 Å². The van der Waals surface area contributed by atoms with E-state index in [1.165, 1.54) is 0 Å². The number of hydrogen-bond acceptors (Lipinski definition) is 2. The molecule has 0 saturated carbocycles. The summed E-state index contributed by atoms with van der Waals surface area (Å²) in [6.45, 7) is 3.14. The predicted octanol–water partition coefficient (Wildman–Crippen LogP) is 3.15. The topological polar surface area (TPSA) is 21.3 Å². The highest BCUT2D eigenvalue weighted by Crippen LogP contribution is 2.28. The molecule has 1 aromatic rings. The first-order chi connectivity index (χ1) is 9.00. The lowest BCUT2D eigenvalue weighted by molar-refractivity contribution is 0.257. The molecule has 1 N–H and O–H groups in total. The SMILES string of the molecule is CCCNCCCOc1c(F)c(F)c(F)c(F)c1F. The standard InChI is InChI=1S/C12H14F5NO/c1-2-4-18-5-3-6-19-12-10(16)8(14)7(13)9(15)11(12)17/h18H,2-6H2,1H3. The minimum Gasteiger partial charge on any atom is -0.487 e. The second-order valence-corrected chi connectivity index (χ2v) is 3.85. The Morgan fingerprint density at radius 3 is 1.89 bits per heavy atom. The van der Waals surface area contributed by atoms with Gasteiger partial charge in [0.15, 0.2) is 5.75 Å². The Labute approximate surface area is 107 Å². The molecule has 7 heteroatoms. The molecule has 0 heterocycles. The van der Waals surface area contributed by atoms with Crippen LogP contribution in [0.4, 0.5) is 22.0 Å². The minimum absolute atomic E-state index is 0.144. The first kappa shape index (κ1) is 15.7. The van der Waals surface area contributed by atoms with Crippen LogP contribution >= 0.6 is 0 Å². The van der Waals surface area contributed by atoms with Crippen molar-refractivity contribution in [2.75, 3.05) is 19.7 Å². The molecule has 0 aliphatic carbocycles. The van der Waals surface area contributed by atoms with Gasteiger partial charge in [-0.2, -0.15) is 8.78 Å². The van der Waals surface area contributed by atoms with Crippen LogP contribution in [0.25, 0.3) is 0 Å². The predicted molar refractivity (Wildman–Crippen MR) is 59.5 cm³/mol. The number of rotatable bonds is 7. The highest BCUT2D eigenvalue weighted by molar-refractivity contribution is 5.29. The van der Waals surface area contributed by atoms with Crippen LogP contribution in [0.1, 0.15) is 19.8 Å². The molecule has 0 aliphatic rings. The van der Waals surface area contributed by atoms with Gasteiger partial charge >= 0.3 is 0 Å². The van der Waals surface area contributed by atoms with E-state index in [4.69, 9.17) is 0 Å². The van der Waals surface area contributed by atoms with E-state index in [1.54, 1.807) is 0 Å².